The fourth-order valence-electron chi connectivity index (χ4n) is 4.52. The molecule has 8 nitrogen and oxygen atoms in total. The average molecular weight is 554 g/mol. The van der Waals surface area contributed by atoms with Crippen LogP contribution in [-0.2, 0) is 31.3 Å². The number of aromatic nitrogens is 1. The Labute approximate surface area is 229 Å². The van der Waals surface area contributed by atoms with E-state index in [-0.39, 0.29) is 38.3 Å². The van der Waals surface area contributed by atoms with Crippen LogP contribution in [0.15, 0.2) is 48.8 Å². The van der Waals surface area contributed by atoms with E-state index in [0.717, 1.165) is 18.4 Å². The number of hydrogen-bond donors (Lipinski definition) is 0. The smallest absolute Gasteiger partial charge is 0.325 e. The van der Waals surface area contributed by atoms with Crippen molar-refractivity contribution in [2.45, 2.75) is 44.9 Å². The van der Waals surface area contributed by atoms with Gasteiger partial charge in [0, 0.05) is 30.9 Å². The minimum Gasteiger partial charge on any atom is -0.465 e. The second-order valence-electron chi connectivity index (χ2n) is 8.70. The summed E-state index contributed by atoms with van der Waals surface area (Å²) in [5.74, 6) is -0.605. The largest absolute Gasteiger partial charge is 0.465 e. The van der Waals surface area contributed by atoms with Gasteiger partial charge in [-0.3, -0.25) is 19.3 Å². The number of alkyl halides is 1. The van der Waals surface area contributed by atoms with E-state index in [2.05, 4.69) is 11.6 Å². The van der Waals surface area contributed by atoms with Crippen LogP contribution in [0.25, 0.3) is 0 Å². The fourth-order valence-corrected chi connectivity index (χ4v) is 4.81. The topological polar surface area (TPSA) is 80.0 Å². The molecule has 0 N–H and O–H groups in total. The first-order valence-electron chi connectivity index (χ1n) is 12.1. The van der Waals surface area contributed by atoms with Crippen molar-refractivity contribution in [1.82, 2.24) is 9.80 Å². The van der Waals surface area contributed by atoms with E-state index < -0.39 is 11.5 Å². The zero-order valence-electron chi connectivity index (χ0n) is 21.9. The number of nitrogens with zero attached hydrogens (tertiary/aromatic N) is 3. The number of ketones is 1. The number of likely N-dealkylation sites (N-methyl/N-ethyl adjacent to an activating group) is 2. The third kappa shape index (κ3) is 7.74. The van der Waals surface area contributed by atoms with Crippen LogP contribution in [0.3, 0.4) is 0 Å². The van der Waals surface area contributed by atoms with Crippen LogP contribution in [0.2, 0.25) is 5.02 Å². The second-order valence-corrected chi connectivity index (χ2v) is 9.11. The Morgan fingerprint density at radius 2 is 1.84 bits per heavy atom. The number of Topliss-reactive ketones (excluding diaryl/α,β-unsaturated/α-hetero) is 1. The highest BCUT2D eigenvalue weighted by Gasteiger charge is 2.46. The standard InChI is InChI=1S/C26H33ClN3O5.CH3Cl/c1-4-35-24(32)17-28(2)25(33)20-10-9-15-30(16-20)19-34-18-29(3)26(14-8-7-13-23(26)31)21-11-5-6-12-22(21)27;1-2/h5-6,9-12,15-16H,4,7-8,13-14,17-19H2,1-3H3;1H3/q+1;. The van der Waals surface area contributed by atoms with Crippen molar-refractivity contribution in [3.63, 3.8) is 0 Å². The Hall–Kier alpha value is -2.52. The molecule has 3 rings (SSSR count). The summed E-state index contributed by atoms with van der Waals surface area (Å²) in [6.45, 7) is 2.24. The molecule has 1 unspecified atom stereocenters. The molecule has 10 heteroatoms. The second kappa shape index (κ2) is 15.0. The van der Waals surface area contributed by atoms with Crippen LogP contribution in [0, 0.1) is 0 Å². The van der Waals surface area contributed by atoms with Crippen molar-refractivity contribution in [1.29, 1.82) is 0 Å². The molecular weight excluding hydrogens is 517 g/mol. The maximum absolute atomic E-state index is 13.2. The molecule has 0 bridgehead atoms. The lowest BCUT2D eigenvalue weighted by Gasteiger charge is -2.43. The predicted octanol–water partition coefficient (Wildman–Crippen LogP) is 4.02. The summed E-state index contributed by atoms with van der Waals surface area (Å²) in [5.41, 5.74) is 0.406. The highest BCUT2D eigenvalue weighted by atomic mass is 35.5. The first-order valence-corrected chi connectivity index (χ1v) is 13.3. The molecule has 1 aromatic carbocycles. The Morgan fingerprint density at radius 1 is 1.11 bits per heavy atom. The van der Waals surface area contributed by atoms with Gasteiger partial charge < -0.3 is 14.4 Å². The SMILES string of the molecule is CCOC(=O)CN(C)C(=O)c1ccc[n+](COCN(C)C2(c3ccccc3Cl)CCCCC2=O)c1.CCl. The summed E-state index contributed by atoms with van der Waals surface area (Å²) in [6, 6.07) is 10.9. The molecule has 0 spiro atoms. The molecule has 1 saturated carbocycles. The zero-order chi connectivity index (χ0) is 27.4. The van der Waals surface area contributed by atoms with Crippen LogP contribution in [0.4, 0.5) is 0 Å². The van der Waals surface area contributed by atoms with E-state index in [1.54, 1.807) is 43.1 Å². The summed E-state index contributed by atoms with van der Waals surface area (Å²) in [4.78, 5) is 40.8. The number of pyridine rings is 1. The summed E-state index contributed by atoms with van der Waals surface area (Å²) < 4.78 is 12.6. The van der Waals surface area contributed by atoms with Crippen LogP contribution in [0.1, 0.15) is 48.5 Å². The lowest BCUT2D eigenvalue weighted by Crippen LogP contribution is -2.53. The normalized spacial score (nSPS) is 17.1. The van der Waals surface area contributed by atoms with E-state index in [9.17, 15) is 14.4 Å². The Balaban J connectivity index is 0.00000235. The molecule has 1 heterocycles. The van der Waals surface area contributed by atoms with Crippen LogP contribution < -0.4 is 4.57 Å². The lowest BCUT2D eigenvalue weighted by atomic mass is 9.74. The molecule has 0 radical (unpaired) electrons. The lowest BCUT2D eigenvalue weighted by molar-refractivity contribution is -0.733. The molecule has 1 fully saturated rings. The van der Waals surface area contributed by atoms with E-state index in [1.165, 1.54) is 11.3 Å². The van der Waals surface area contributed by atoms with Gasteiger partial charge >= 0.3 is 5.97 Å². The van der Waals surface area contributed by atoms with E-state index in [1.807, 2.05) is 36.2 Å². The molecule has 1 atom stereocenters. The number of carbonyl (C=O) groups excluding carboxylic acids is 3. The number of hydrogen-bond acceptors (Lipinski definition) is 6. The molecule has 0 saturated heterocycles. The molecule has 202 valence electrons. The summed E-state index contributed by atoms with van der Waals surface area (Å²) in [6.07, 6.45) is 7.92. The Kier molecular flexibility index (Phi) is 12.5. The predicted molar refractivity (Wildman–Crippen MR) is 142 cm³/mol. The van der Waals surface area contributed by atoms with Crippen molar-refractivity contribution in [3.05, 3.63) is 64.9 Å². The van der Waals surface area contributed by atoms with Gasteiger partial charge in [-0.2, -0.15) is 4.57 Å². The van der Waals surface area contributed by atoms with Crippen molar-refractivity contribution in [2.75, 3.05) is 40.4 Å². The molecular formula is C27H36Cl2N3O5+. The van der Waals surface area contributed by atoms with Crippen LogP contribution >= 0.6 is 23.2 Å². The Morgan fingerprint density at radius 3 is 2.51 bits per heavy atom. The number of halogens is 2. The number of carbonyl (C=O) groups is 3. The summed E-state index contributed by atoms with van der Waals surface area (Å²) in [7, 11) is 3.43. The molecule has 37 heavy (non-hydrogen) atoms. The molecule has 2 aromatic rings. The maximum atomic E-state index is 13.2. The minimum atomic E-state index is -0.825. The van der Waals surface area contributed by atoms with Gasteiger partial charge in [0.1, 0.15) is 24.4 Å². The van der Waals surface area contributed by atoms with Gasteiger partial charge in [0.05, 0.1) is 6.61 Å². The third-order valence-electron chi connectivity index (χ3n) is 6.27. The van der Waals surface area contributed by atoms with Crippen LogP contribution in [-0.4, -0.2) is 67.8 Å². The van der Waals surface area contributed by atoms with Gasteiger partial charge in [-0.15, -0.1) is 11.6 Å². The van der Waals surface area contributed by atoms with E-state index in [4.69, 9.17) is 21.1 Å². The van der Waals surface area contributed by atoms with Gasteiger partial charge in [0.2, 0.25) is 0 Å². The first kappa shape index (κ1) is 30.7. The maximum Gasteiger partial charge on any atom is 0.325 e. The van der Waals surface area contributed by atoms with Gasteiger partial charge in [0.15, 0.2) is 18.2 Å². The summed E-state index contributed by atoms with van der Waals surface area (Å²) >= 11 is 11.2. The summed E-state index contributed by atoms with van der Waals surface area (Å²) in [5, 5.41) is 0.571. The zero-order valence-corrected chi connectivity index (χ0v) is 23.4. The van der Waals surface area contributed by atoms with Gasteiger partial charge in [-0.05, 0) is 44.5 Å². The quantitative estimate of drug-likeness (QED) is 0.192. The highest BCUT2D eigenvalue weighted by molar-refractivity contribution is 6.31. The third-order valence-corrected chi connectivity index (χ3v) is 6.60. The van der Waals surface area contributed by atoms with Crippen molar-refractivity contribution < 1.29 is 28.4 Å². The van der Waals surface area contributed by atoms with Crippen molar-refractivity contribution in [3.8, 4) is 0 Å². The van der Waals surface area contributed by atoms with E-state index >= 15 is 0 Å². The van der Waals surface area contributed by atoms with Crippen LogP contribution in [0.5, 0.6) is 0 Å². The molecule has 1 amide bonds. The van der Waals surface area contributed by atoms with Gasteiger partial charge in [-0.25, -0.2) is 0 Å². The minimum absolute atomic E-state index is 0.124. The first-order chi connectivity index (χ1) is 17.8. The number of ether oxygens (including phenoxy) is 2. The van der Waals surface area contributed by atoms with Gasteiger partial charge in [-0.1, -0.05) is 36.2 Å². The average Bonchev–Trinajstić information content (AvgIpc) is 2.90. The fraction of sp³-hybridized carbons (Fsp3) is 0.481. The molecule has 1 aliphatic carbocycles. The molecule has 1 aliphatic rings. The highest BCUT2D eigenvalue weighted by Crippen LogP contribution is 2.42. The van der Waals surface area contributed by atoms with Crippen molar-refractivity contribution in [2.24, 2.45) is 0 Å². The number of amides is 1. The monoisotopic (exact) mass is 552 g/mol. The number of benzene rings is 1. The van der Waals surface area contributed by atoms with Gasteiger partial charge in [0.25, 0.3) is 12.6 Å². The number of esters is 1. The number of rotatable bonds is 10. The van der Waals surface area contributed by atoms with E-state index in [0.29, 0.717) is 23.4 Å². The molecule has 1 aromatic heterocycles. The Bertz CT molecular complexity index is 1070. The molecule has 0 aliphatic heterocycles. The van der Waals surface area contributed by atoms with Crippen molar-refractivity contribution >= 4 is 40.9 Å².